The summed E-state index contributed by atoms with van der Waals surface area (Å²) in [5, 5.41) is 11.6. The van der Waals surface area contributed by atoms with Crippen LogP contribution in [-0.2, 0) is 0 Å². The van der Waals surface area contributed by atoms with Gasteiger partial charge in [0.2, 0.25) is 4.77 Å². The predicted octanol–water partition coefficient (Wildman–Crippen LogP) is 4.69. The molecule has 1 N–H and O–H groups in total. The van der Waals surface area contributed by atoms with Gasteiger partial charge in [-0.15, -0.1) is 0 Å². The number of benzene rings is 2. The van der Waals surface area contributed by atoms with Crippen LogP contribution in [-0.4, -0.2) is 41.4 Å². The summed E-state index contributed by atoms with van der Waals surface area (Å²) in [6.07, 6.45) is 2.62. The average Bonchev–Trinajstić information content (AvgIpc) is 3.12. The molecule has 2 aromatic carbocycles. The maximum atomic E-state index is 5.76. The first-order valence-corrected chi connectivity index (χ1v) is 9.83. The Morgan fingerprint density at radius 1 is 1.10 bits per heavy atom. The number of aromatic nitrogens is 3. The highest BCUT2D eigenvalue weighted by atomic mass is 32.1. The van der Waals surface area contributed by atoms with Gasteiger partial charge >= 0.3 is 0 Å². The van der Waals surface area contributed by atoms with Crippen molar-refractivity contribution in [3.8, 4) is 28.6 Å². The molecule has 1 heterocycles. The Bertz CT molecular complexity index is 1030. The van der Waals surface area contributed by atoms with Crippen LogP contribution in [0.15, 0.2) is 47.6 Å². The number of hydrogen-bond donors (Lipinski definition) is 1. The maximum Gasteiger partial charge on any atom is 0.216 e. The van der Waals surface area contributed by atoms with Crippen LogP contribution in [0.5, 0.6) is 17.2 Å². The van der Waals surface area contributed by atoms with Gasteiger partial charge < -0.3 is 14.2 Å². The fourth-order valence-electron chi connectivity index (χ4n) is 2.68. The number of hydrogen-bond acceptors (Lipinski definition) is 6. The molecule has 0 radical (unpaired) electrons. The second-order valence-electron chi connectivity index (χ2n) is 6.12. The van der Waals surface area contributed by atoms with Crippen molar-refractivity contribution in [2.45, 2.75) is 20.3 Å². The fourth-order valence-corrected chi connectivity index (χ4v) is 2.85. The molecule has 0 bridgehead atoms. The summed E-state index contributed by atoms with van der Waals surface area (Å²) < 4.78 is 18.6. The van der Waals surface area contributed by atoms with Crippen LogP contribution >= 0.6 is 12.2 Å². The van der Waals surface area contributed by atoms with Crippen LogP contribution in [0.1, 0.15) is 25.8 Å². The Kier molecular flexibility index (Phi) is 7.02. The first kappa shape index (κ1) is 20.6. The van der Waals surface area contributed by atoms with Gasteiger partial charge in [0.05, 0.1) is 26.5 Å². The summed E-state index contributed by atoms with van der Waals surface area (Å²) in [4.78, 5) is 0. The zero-order chi connectivity index (χ0) is 20.6. The Morgan fingerprint density at radius 3 is 2.59 bits per heavy atom. The molecular weight excluding hydrogens is 388 g/mol. The molecule has 0 saturated carbocycles. The van der Waals surface area contributed by atoms with Crippen molar-refractivity contribution >= 4 is 18.4 Å². The summed E-state index contributed by atoms with van der Waals surface area (Å²) >= 11 is 5.34. The molecule has 1 aromatic heterocycles. The van der Waals surface area contributed by atoms with E-state index in [4.69, 9.17) is 26.4 Å². The number of aromatic amines is 1. The van der Waals surface area contributed by atoms with Crippen LogP contribution in [0.25, 0.3) is 11.4 Å². The van der Waals surface area contributed by atoms with Gasteiger partial charge in [0.1, 0.15) is 5.75 Å². The van der Waals surface area contributed by atoms with E-state index in [1.807, 2.05) is 49.4 Å². The number of methoxy groups -OCH3 is 1. The summed E-state index contributed by atoms with van der Waals surface area (Å²) in [7, 11) is 1.62. The third kappa shape index (κ3) is 5.03. The van der Waals surface area contributed by atoms with Gasteiger partial charge in [0, 0.05) is 5.56 Å². The summed E-state index contributed by atoms with van der Waals surface area (Å²) in [5.74, 6) is 2.79. The predicted molar refractivity (Wildman–Crippen MR) is 116 cm³/mol. The largest absolute Gasteiger partial charge is 0.494 e. The molecule has 7 nitrogen and oxygen atoms in total. The standard InChI is InChI=1S/C21H24N4O3S/c1-4-12-28-19-13-15(6-11-18(19)26-3)14-22-25-20(23-24-21(25)29)16-7-9-17(10-8-16)27-5-2/h6-11,13-14H,4-5,12H2,1-3H3,(H,24,29)/b22-14-. The molecule has 0 aliphatic carbocycles. The van der Waals surface area contributed by atoms with Crippen molar-refractivity contribution in [2.24, 2.45) is 5.10 Å². The van der Waals surface area contributed by atoms with E-state index in [-0.39, 0.29) is 0 Å². The molecule has 0 aliphatic rings. The second-order valence-corrected chi connectivity index (χ2v) is 6.51. The van der Waals surface area contributed by atoms with E-state index in [9.17, 15) is 0 Å². The normalized spacial score (nSPS) is 11.0. The summed E-state index contributed by atoms with van der Waals surface area (Å²) in [6.45, 7) is 5.24. The molecule has 0 amide bonds. The highest BCUT2D eigenvalue weighted by Gasteiger charge is 2.09. The minimum Gasteiger partial charge on any atom is -0.494 e. The van der Waals surface area contributed by atoms with Crippen molar-refractivity contribution in [1.82, 2.24) is 14.9 Å². The van der Waals surface area contributed by atoms with Crippen LogP contribution in [0, 0.1) is 4.77 Å². The van der Waals surface area contributed by atoms with Crippen molar-refractivity contribution in [1.29, 1.82) is 0 Å². The molecule has 0 fully saturated rings. The molecule has 29 heavy (non-hydrogen) atoms. The van der Waals surface area contributed by atoms with Crippen molar-refractivity contribution in [2.75, 3.05) is 20.3 Å². The van der Waals surface area contributed by atoms with Gasteiger partial charge in [-0.3, -0.25) is 0 Å². The number of nitrogens with zero attached hydrogens (tertiary/aromatic N) is 3. The fraction of sp³-hybridized carbons (Fsp3) is 0.286. The SMILES string of the molecule is CCCOc1cc(/C=N\n2c(-c3ccc(OCC)cc3)n[nH]c2=S)ccc1OC. The molecule has 8 heteroatoms. The Labute approximate surface area is 174 Å². The van der Waals surface area contributed by atoms with Crippen molar-refractivity contribution in [3.63, 3.8) is 0 Å². The number of rotatable bonds is 9. The third-order valence-electron chi connectivity index (χ3n) is 4.05. The molecule has 0 saturated heterocycles. The van der Waals surface area contributed by atoms with Crippen LogP contribution in [0.2, 0.25) is 0 Å². The zero-order valence-electron chi connectivity index (χ0n) is 16.7. The van der Waals surface area contributed by atoms with E-state index in [1.54, 1.807) is 18.0 Å². The molecule has 0 aliphatic heterocycles. The van der Waals surface area contributed by atoms with Gasteiger partial charge in [-0.2, -0.15) is 14.9 Å². The second kappa shape index (κ2) is 9.88. The molecule has 3 rings (SSSR count). The van der Waals surface area contributed by atoms with Gasteiger partial charge in [0.15, 0.2) is 17.3 Å². The minimum atomic E-state index is 0.404. The lowest BCUT2D eigenvalue weighted by Gasteiger charge is -2.10. The van der Waals surface area contributed by atoms with E-state index in [1.165, 1.54) is 0 Å². The third-order valence-corrected chi connectivity index (χ3v) is 4.31. The summed E-state index contributed by atoms with van der Waals surface area (Å²) in [6, 6.07) is 13.3. The van der Waals surface area contributed by atoms with E-state index < -0.39 is 0 Å². The monoisotopic (exact) mass is 412 g/mol. The van der Waals surface area contributed by atoms with Gasteiger partial charge in [0.25, 0.3) is 0 Å². The molecule has 152 valence electrons. The Balaban J connectivity index is 1.88. The van der Waals surface area contributed by atoms with Crippen LogP contribution in [0.4, 0.5) is 0 Å². The van der Waals surface area contributed by atoms with Crippen LogP contribution in [0.3, 0.4) is 0 Å². The van der Waals surface area contributed by atoms with Crippen molar-refractivity contribution < 1.29 is 14.2 Å². The maximum absolute atomic E-state index is 5.76. The molecule has 0 atom stereocenters. The minimum absolute atomic E-state index is 0.404. The lowest BCUT2D eigenvalue weighted by atomic mass is 10.2. The first-order chi connectivity index (χ1) is 14.2. The van der Waals surface area contributed by atoms with E-state index in [0.29, 0.717) is 35.3 Å². The zero-order valence-corrected chi connectivity index (χ0v) is 17.5. The number of ether oxygens (including phenoxy) is 3. The Hall–Kier alpha value is -3.13. The van der Waals surface area contributed by atoms with Gasteiger partial charge in [-0.1, -0.05) is 6.92 Å². The molecular formula is C21H24N4O3S. The molecule has 3 aromatic rings. The van der Waals surface area contributed by atoms with E-state index >= 15 is 0 Å². The molecule has 0 unspecified atom stereocenters. The summed E-state index contributed by atoms with van der Waals surface area (Å²) in [5.41, 5.74) is 1.73. The average molecular weight is 413 g/mol. The highest BCUT2D eigenvalue weighted by molar-refractivity contribution is 7.71. The van der Waals surface area contributed by atoms with E-state index in [2.05, 4.69) is 22.2 Å². The van der Waals surface area contributed by atoms with Gasteiger partial charge in [-0.05, 0) is 73.6 Å². The highest BCUT2D eigenvalue weighted by Crippen LogP contribution is 2.28. The Morgan fingerprint density at radius 2 is 1.90 bits per heavy atom. The van der Waals surface area contributed by atoms with Crippen LogP contribution < -0.4 is 14.2 Å². The van der Waals surface area contributed by atoms with E-state index in [0.717, 1.165) is 23.3 Å². The first-order valence-electron chi connectivity index (χ1n) is 9.42. The lowest BCUT2D eigenvalue weighted by molar-refractivity contribution is 0.294. The van der Waals surface area contributed by atoms with Crippen molar-refractivity contribution in [3.05, 3.63) is 52.8 Å². The quantitative estimate of drug-likeness (QED) is 0.408. The van der Waals surface area contributed by atoms with Gasteiger partial charge in [-0.25, -0.2) is 5.10 Å². The number of H-pyrrole nitrogens is 1. The number of nitrogens with one attached hydrogen (secondary N) is 1. The lowest BCUT2D eigenvalue weighted by Crippen LogP contribution is -1.99. The molecule has 0 spiro atoms. The topological polar surface area (TPSA) is 73.7 Å². The smallest absolute Gasteiger partial charge is 0.216 e.